The van der Waals surface area contributed by atoms with Gasteiger partial charge in [-0.25, -0.2) is 9.78 Å². The van der Waals surface area contributed by atoms with Crippen molar-refractivity contribution in [2.45, 2.75) is 65.7 Å². The number of hydrogen-bond acceptors (Lipinski definition) is 10. The third-order valence-electron chi connectivity index (χ3n) is 5.72. The van der Waals surface area contributed by atoms with Crippen LogP contribution in [-0.2, 0) is 14.3 Å². The fraction of sp³-hybridized carbons (Fsp3) is 0.464. The molecule has 0 aliphatic carbocycles. The number of fused-ring (bicyclic) bond motifs is 1. The van der Waals surface area contributed by atoms with Crippen molar-refractivity contribution in [3.8, 4) is 34.5 Å². The summed E-state index contributed by atoms with van der Waals surface area (Å²) in [5.74, 6) is 0.753. The van der Waals surface area contributed by atoms with Gasteiger partial charge in [0.2, 0.25) is 11.7 Å². The molecule has 2 aromatic heterocycles. The second kappa shape index (κ2) is 12.1. The van der Waals surface area contributed by atoms with Gasteiger partial charge in [0.25, 0.3) is 5.89 Å². The van der Waals surface area contributed by atoms with Crippen LogP contribution in [0.4, 0.5) is 4.79 Å². The highest BCUT2D eigenvalue weighted by molar-refractivity contribution is 6.32. The van der Waals surface area contributed by atoms with Crippen LogP contribution in [0.3, 0.4) is 0 Å². The molecule has 1 unspecified atom stereocenters. The van der Waals surface area contributed by atoms with Crippen LogP contribution in [0, 0.1) is 0 Å². The van der Waals surface area contributed by atoms with Crippen LogP contribution in [0.2, 0.25) is 5.02 Å². The number of para-hydroxylation sites is 1. The molecule has 0 spiro atoms. The summed E-state index contributed by atoms with van der Waals surface area (Å²) in [7, 11) is 0. The highest BCUT2D eigenvalue weighted by Gasteiger charge is 2.36. The molecule has 0 N–H and O–H groups in total. The molecule has 0 radical (unpaired) electrons. The van der Waals surface area contributed by atoms with Gasteiger partial charge in [-0.3, -0.25) is 9.69 Å². The van der Waals surface area contributed by atoms with Gasteiger partial charge in [0, 0.05) is 11.8 Å². The molecule has 4 rings (SSSR count). The zero-order valence-electron chi connectivity index (χ0n) is 23.4. The lowest BCUT2D eigenvalue weighted by Crippen LogP contribution is -2.41. The SMILES string of the molecule is CCOC(=O)CC1c2cccc(-c3noc(-c4cnc(OC(C)C)c(Cl)c4)n3)c2OCCN1C(=O)OC(C)(C)C. The molecule has 3 heterocycles. The van der Waals surface area contributed by atoms with E-state index in [1.54, 1.807) is 52.0 Å². The molecule has 40 heavy (non-hydrogen) atoms. The lowest BCUT2D eigenvalue weighted by Gasteiger charge is -2.31. The summed E-state index contributed by atoms with van der Waals surface area (Å²) in [5.41, 5.74) is 0.923. The molecule has 0 bridgehead atoms. The third-order valence-corrected chi connectivity index (χ3v) is 5.99. The Morgan fingerprint density at radius 1 is 1.25 bits per heavy atom. The normalized spacial score (nSPS) is 15.2. The number of amides is 1. The van der Waals surface area contributed by atoms with Crippen molar-refractivity contribution in [2.24, 2.45) is 0 Å². The minimum absolute atomic E-state index is 0.0840. The van der Waals surface area contributed by atoms with Crippen molar-refractivity contribution in [1.82, 2.24) is 20.0 Å². The van der Waals surface area contributed by atoms with E-state index in [-0.39, 0.29) is 44.0 Å². The second-order valence-corrected chi connectivity index (χ2v) is 10.8. The zero-order valence-corrected chi connectivity index (χ0v) is 24.2. The van der Waals surface area contributed by atoms with Gasteiger partial charge in [0.05, 0.1) is 42.8 Å². The molecule has 0 fully saturated rings. The van der Waals surface area contributed by atoms with E-state index in [1.807, 2.05) is 13.8 Å². The van der Waals surface area contributed by atoms with Crippen molar-refractivity contribution in [2.75, 3.05) is 19.8 Å². The van der Waals surface area contributed by atoms with Crippen LogP contribution >= 0.6 is 11.6 Å². The molecule has 11 nitrogen and oxygen atoms in total. The maximum Gasteiger partial charge on any atom is 0.410 e. The summed E-state index contributed by atoms with van der Waals surface area (Å²) >= 11 is 6.34. The number of rotatable bonds is 7. The summed E-state index contributed by atoms with van der Waals surface area (Å²) in [5, 5.41) is 4.47. The van der Waals surface area contributed by atoms with E-state index in [9.17, 15) is 9.59 Å². The summed E-state index contributed by atoms with van der Waals surface area (Å²) in [6.45, 7) is 11.4. The van der Waals surface area contributed by atoms with Crippen molar-refractivity contribution in [1.29, 1.82) is 0 Å². The first-order valence-electron chi connectivity index (χ1n) is 13.0. The van der Waals surface area contributed by atoms with Gasteiger partial charge in [0.15, 0.2) is 0 Å². The predicted octanol–water partition coefficient (Wildman–Crippen LogP) is 5.86. The Morgan fingerprint density at radius 2 is 2.02 bits per heavy atom. The molecule has 12 heteroatoms. The van der Waals surface area contributed by atoms with E-state index in [2.05, 4.69) is 15.1 Å². The van der Waals surface area contributed by atoms with Gasteiger partial charge < -0.3 is 23.5 Å². The highest BCUT2D eigenvalue weighted by Crippen LogP contribution is 2.41. The minimum atomic E-state index is -0.721. The average molecular weight is 573 g/mol. The van der Waals surface area contributed by atoms with Gasteiger partial charge in [-0.2, -0.15) is 4.98 Å². The van der Waals surface area contributed by atoms with Crippen LogP contribution < -0.4 is 9.47 Å². The quantitative estimate of drug-likeness (QED) is 0.317. The molecule has 1 aliphatic rings. The Morgan fingerprint density at radius 3 is 2.70 bits per heavy atom. The minimum Gasteiger partial charge on any atom is -0.491 e. The van der Waals surface area contributed by atoms with Gasteiger partial charge in [-0.1, -0.05) is 28.9 Å². The van der Waals surface area contributed by atoms with Crippen LogP contribution in [0.15, 0.2) is 35.0 Å². The molecule has 1 aliphatic heterocycles. The lowest BCUT2D eigenvalue weighted by atomic mass is 9.98. The fourth-order valence-electron chi connectivity index (χ4n) is 4.16. The van der Waals surface area contributed by atoms with E-state index >= 15 is 0 Å². The lowest BCUT2D eigenvalue weighted by molar-refractivity contribution is -0.144. The van der Waals surface area contributed by atoms with Gasteiger partial charge in [0.1, 0.15) is 23.0 Å². The van der Waals surface area contributed by atoms with Crippen LogP contribution in [0.1, 0.15) is 59.6 Å². The van der Waals surface area contributed by atoms with Crippen LogP contribution in [0.25, 0.3) is 22.8 Å². The molecule has 214 valence electrons. The zero-order chi connectivity index (χ0) is 29.0. The summed E-state index contributed by atoms with van der Waals surface area (Å²) in [6.07, 6.45) is 0.814. The topological polar surface area (TPSA) is 126 Å². The van der Waals surface area contributed by atoms with Gasteiger partial charge in [-0.05, 0) is 53.7 Å². The summed E-state index contributed by atoms with van der Waals surface area (Å²) < 4.78 is 28.1. The maximum absolute atomic E-state index is 13.2. The molecular formula is C28H33ClN4O7. The Labute approximate surface area is 237 Å². The summed E-state index contributed by atoms with van der Waals surface area (Å²) in [4.78, 5) is 36.1. The maximum atomic E-state index is 13.2. The Hall–Kier alpha value is -3.86. The molecule has 1 amide bonds. The number of nitrogens with zero attached hydrogens (tertiary/aromatic N) is 4. The Bertz CT molecular complexity index is 1370. The van der Waals surface area contributed by atoms with Gasteiger partial charge in [-0.15, -0.1) is 0 Å². The van der Waals surface area contributed by atoms with Crippen LogP contribution in [0.5, 0.6) is 11.6 Å². The number of esters is 1. The molecule has 1 aromatic carbocycles. The number of hydrogen-bond donors (Lipinski definition) is 0. The summed E-state index contributed by atoms with van der Waals surface area (Å²) in [6, 6.07) is 6.29. The molecular weight excluding hydrogens is 540 g/mol. The average Bonchev–Trinajstić information content (AvgIpc) is 3.28. The van der Waals surface area contributed by atoms with E-state index < -0.39 is 23.7 Å². The molecule has 3 aromatic rings. The Kier molecular flexibility index (Phi) is 8.82. The fourth-order valence-corrected chi connectivity index (χ4v) is 4.37. The smallest absolute Gasteiger partial charge is 0.410 e. The number of carbonyl (C=O) groups is 2. The first-order chi connectivity index (χ1) is 19.0. The van der Waals surface area contributed by atoms with Crippen molar-refractivity contribution >= 4 is 23.7 Å². The standard InChI is InChI=1S/C28H33ClN4O7/c1-7-36-22(34)14-21-18-9-8-10-19(23(18)37-12-11-33(21)27(35)39-28(4,5)6)24-31-25(40-32-24)17-13-20(29)26(30-15-17)38-16(2)3/h8-10,13,15-16,21H,7,11-12,14H2,1-6H3. The van der Waals surface area contributed by atoms with Crippen LogP contribution in [-0.4, -0.2) is 63.6 Å². The van der Waals surface area contributed by atoms with E-state index in [0.29, 0.717) is 33.3 Å². The van der Waals surface area contributed by atoms with E-state index in [4.69, 9.17) is 35.1 Å². The number of ether oxygens (including phenoxy) is 4. The van der Waals surface area contributed by atoms with Crippen molar-refractivity contribution in [3.63, 3.8) is 0 Å². The molecule has 0 saturated heterocycles. The highest BCUT2D eigenvalue weighted by atomic mass is 35.5. The van der Waals surface area contributed by atoms with E-state index in [0.717, 1.165) is 0 Å². The Balaban J connectivity index is 1.71. The number of carbonyl (C=O) groups excluding carboxylic acids is 2. The second-order valence-electron chi connectivity index (χ2n) is 10.4. The number of halogens is 1. The van der Waals surface area contributed by atoms with Crippen molar-refractivity contribution in [3.05, 3.63) is 41.0 Å². The number of aromatic nitrogens is 3. The van der Waals surface area contributed by atoms with Crippen molar-refractivity contribution < 1.29 is 33.1 Å². The van der Waals surface area contributed by atoms with Gasteiger partial charge >= 0.3 is 12.1 Å². The first kappa shape index (κ1) is 29.1. The third kappa shape index (κ3) is 6.82. The first-order valence-corrected chi connectivity index (χ1v) is 13.4. The van der Waals surface area contributed by atoms with E-state index in [1.165, 1.54) is 11.1 Å². The number of pyridine rings is 1. The number of benzene rings is 1. The molecule has 1 atom stereocenters. The molecule has 0 saturated carbocycles. The monoisotopic (exact) mass is 572 g/mol. The largest absolute Gasteiger partial charge is 0.491 e. The predicted molar refractivity (Wildman–Crippen MR) is 146 cm³/mol.